The Hall–Kier alpha value is -3.41. The molecule has 0 heterocycles. The highest BCUT2D eigenvalue weighted by molar-refractivity contribution is 5.71. The van der Waals surface area contributed by atoms with Gasteiger partial charge in [0.2, 0.25) is 0 Å². The van der Waals surface area contributed by atoms with E-state index < -0.39 is 6.10 Å². The third-order valence-electron chi connectivity index (χ3n) is 11.8. The first-order valence-electron chi connectivity index (χ1n) is 28.1. The summed E-state index contributed by atoms with van der Waals surface area (Å²) in [6, 6.07) is 0. The van der Waals surface area contributed by atoms with Gasteiger partial charge in [0.1, 0.15) is 13.2 Å². The predicted molar refractivity (Wildman–Crippen MR) is 288 cm³/mol. The summed E-state index contributed by atoms with van der Waals surface area (Å²) < 4.78 is 16.8. The van der Waals surface area contributed by atoms with Crippen LogP contribution in [0.4, 0.5) is 0 Å². The quantitative estimate of drug-likeness (QED) is 0.0262. The summed E-state index contributed by atoms with van der Waals surface area (Å²) in [7, 11) is 0. The first-order chi connectivity index (χ1) is 33.0. The van der Waals surface area contributed by atoms with E-state index in [4.69, 9.17) is 14.2 Å². The average molecular weight is 933 g/mol. The Bertz CT molecular complexity index is 1300. The summed E-state index contributed by atoms with van der Waals surface area (Å²) in [6.45, 7) is 6.54. The zero-order valence-electron chi connectivity index (χ0n) is 43.9. The second-order valence-electron chi connectivity index (χ2n) is 18.5. The molecule has 6 heteroatoms. The van der Waals surface area contributed by atoms with Gasteiger partial charge >= 0.3 is 17.9 Å². The van der Waals surface area contributed by atoms with Gasteiger partial charge in [-0.15, -0.1) is 0 Å². The van der Waals surface area contributed by atoms with Crippen LogP contribution in [0.25, 0.3) is 0 Å². The van der Waals surface area contributed by atoms with Crippen molar-refractivity contribution < 1.29 is 28.6 Å². The van der Waals surface area contributed by atoms with Crippen molar-refractivity contribution in [3.05, 3.63) is 85.1 Å². The molecule has 0 radical (unpaired) electrons. The molecule has 0 fully saturated rings. The molecule has 0 bridgehead atoms. The van der Waals surface area contributed by atoms with Gasteiger partial charge in [0.25, 0.3) is 0 Å². The van der Waals surface area contributed by atoms with Crippen LogP contribution in [-0.4, -0.2) is 37.2 Å². The molecule has 0 rings (SSSR count). The molecule has 1 atom stereocenters. The molecule has 0 aromatic carbocycles. The molecule has 0 aliphatic carbocycles. The highest BCUT2D eigenvalue weighted by Crippen LogP contribution is 2.14. The van der Waals surface area contributed by atoms with Gasteiger partial charge in [0, 0.05) is 19.3 Å². The first-order valence-corrected chi connectivity index (χ1v) is 28.1. The summed E-state index contributed by atoms with van der Waals surface area (Å²) in [5.41, 5.74) is 0. The van der Waals surface area contributed by atoms with Gasteiger partial charge in [0.05, 0.1) is 0 Å². The maximum atomic E-state index is 12.8. The van der Waals surface area contributed by atoms with Gasteiger partial charge in [-0.2, -0.15) is 0 Å². The van der Waals surface area contributed by atoms with Crippen molar-refractivity contribution in [3.63, 3.8) is 0 Å². The Balaban J connectivity index is 4.46. The predicted octanol–water partition coefficient (Wildman–Crippen LogP) is 18.8. The Morgan fingerprint density at radius 2 is 0.537 bits per heavy atom. The minimum atomic E-state index is -0.798. The zero-order valence-corrected chi connectivity index (χ0v) is 43.9. The second kappa shape index (κ2) is 55.2. The lowest BCUT2D eigenvalue weighted by Gasteiger charge is -2.18. The first kappa shape index (κ1) is 63.6. The van der Waals surface area contributed by atoms with E-state index in [0.717, 1.165) is 103 Å². The second-order valence-corrected chi connectivity index (χ2v) is 18.5. The summed E-state index contributed by atoms with van der Waals surface area (Å²) in [5, 5.41) is 0. The van der Waals surface area contributed by atoms with E-state index in [1.54, 1.807) is 0 Å². The SMILES string of the molecule is CCCCC/C=C\C/C=C\C/C=C\C/C=C\CCCCCC(=O)OC[C@H](COC(=O)CCCCCCC/C=C\CCCCCC)OC(=O)CCCCCCCCC/C=C\C/C=C\CCCCC. The molecule has 0 saturated carbocycles. The number of carbonyl (C=O) groups excluding carboxylic acids is 3. The van der Waals surface area contributed by atoms with Crippen LogP contribution in [0, 0.1) is 0 Å². The number of esters is 3. The lowest BCUT2D eigenvalue weighted by atomic mass is 10.1. The van der Waals surface area contributed by atoms with Crippen LogP contribution in [-0.2, 0) is 28.6 Å². The van der Waals surface area contributed by atoms with Crippen molar-refractivity contribution in [2.45, 2.75) is 271 Å². The summed E-state index contributed by atoms with van der Waals surface area (Å²) in [6.07, 6.45) is 71.3. The minimum Gasteiger partial charge on any atom is -0.462 e. The van der Waals surface area contributed by atoms with Crippen molar-refractivity contribution in [3.8, 4) is 0 Å². The fraction of sp³-hybridized carbons (Fsp3) is 0.721. The van der Waals surface area contributed by atoms with E-state index in [1.807, 2.05) is 0 Å². The van der Waals surface area contributed by atoms with Crippen molar-refractivity contribution in [2.75, 3.05) is 13.2 Å². The number of allylic oxidation sites excluding steroid dienone is 14. The van der Waals surface area contributed by atoms with E-state index in [-0.39, 0.29) is 31.1 Å². The summed E-state index contributed by atoms with van der Waals surface area (Å²) in [5.74, 6) is -0.939. The normalized spacial score (nSPS) is 12.7. The van der Waals surface area contributed by atoms with Crippen molar-refractivity contribution in [1.29, 1.82) is 0 Å². The molecule has 0 aromatic rings. The van der Waals surface area contributed by atoms with Gasteiger partial charge in [-0.25, -0.2) is 0 Å². The number of hydrogen-bond acceptors (Lipinski definition) is 6. The third-order valence-corrected chi connectivity index (χ3v) is 11.8. The van der Waals surface area contributed by atoms with Gasteiger partial charge in [-0.3, -0.25) is 14.4 Å². The highest BCUT2D eigenvalue weighted by atomic mass is 16.6. The summed E-state index contributed by atoms with van der Waals surface area (Å²) in [4.78, 5) is 38.1. The molecule has 67 heavy (non-hydrogen) atoms. The van der Waals surface area contributed by atoms with Crippen LogP contribution in [0.15, 0.2) is 85.1 Å². The van der Waals surface area contributed by atoms with Crippen molar-refractivity contribution in [1.82, 2.24) is 0 Å². The molecular formula is C61H104O6. The number of unbranched alkanes of at least 4 members (excludes halogenated alkanes) is 25. The van der Waals surface area contributed by atoms with Crippen LogP contribution in [0.2, 0.25) is 0 Å². The molecule has 0 N–H and O–H groups in total. The fourth-order valence-electron chi connectivity index (χ4n) is 7.57. The Kier molecular flexibility index (Phi) is 52.4. The van der Waals surface area contributed by atoms with Crippen LogP contribution in [0.3, 0.4) is 0 Å². The Morgan fingerprint density at radius 3 is 0.896 bits per heavy atom. The highest BCUT2D eigenvalue weighted by Gasteiger charge is 2.19. The molecule has 0 aliphatic heterocycles. The molecule has 0 amide bonds. The van der Waals surface area contributed by atoms with Crippen molar-refractivity contribution in [2.24, 2.45) is 0 Å². The lowest BCUT2D eigenvalue weighted by molar-refractivity contribution is -0.167. The molecule has 0 saturated heterocycles. The Labute approximate surface area is 414 Å². The van der Waals surface area contributed by atoms with Crippen molar-refractivity contribution >= 4 is 17.9 Å². The van der Waals surface area contributed by atoms with Crippen LogP contribution in [0.5, 0.6) is 0 Å². The molecule has 6 nitrogen and oxygen atoms in total. The smallest absolute Gasteiger partial charge is 0.306 e. The topological polar surface area (TPSA) is 78.9 Å². The monoisotopic (exact) mass is 933 g/mol. The summed E-state index contributed by atoms with van der Waals surface area (Å²) >= 11 is 0. The number of ether oxygens (including phenoxy) is 3. The fourth-order valence-corrected chi connectivity index (χ4v) is 7.57. The van der Waals surface area contributed by atoms with E-state index in [2.05, 4.69) is 106 Å². The maximum Gasteiger partial charge on any atom is 0.306 e. The lowest BCUT2D eigenvalue weighted by Crippen LogP contribution is -2.30. The van der Waals surface area contributed by atoms with Crippen LogP contribution < -0.4 is 0 Å². The van der Waals surface area contributed by atoms with Gasteiger partial charge in [0.15, 0.2) is 6.10 Å². The minimum absolute atomic E-state index is 0.0946. The van der Waals surface area contributed by atoms with Gasteiger partial charge in [-0.1, -0.05) is 209 Å². The largest absolute Gasteiger partial charge is 0.462 e. The number of hydrogen-bond donors (Lipinski definition) is 0. The molecule has 0 spiro atoms. The number of carbonyl (C=O) groups is 3. The van der Waals surface area contributed by atoms with E-state index in [9.17, 15) is 14.4 Å². The average Bonchev–Trinajstić information content (AvgIpc) is 3.33. The van der Waals surface area contributed by atoms with E-state index in [1.165, 1.54) is 122 Å². The third kappa shape index (κ3) is 53.4. The standard InChI is InChI=1S/C61H104O6/c1-4-7-10-13-16-19-22-25-27-29-30-32-33-36-39-42-45-48-51-54-60(63)66-57-58(56-65-59(62)53-50-47-44-41-38-35-24-21-18-15-12-9-6-3)67-61(64)55-52-49-46-43-40-37-34-31-28-26-23-20-17-14-11-8-5-2/h16-17,19-21,24-28,30,32,36,39,58H,4-15,18,22-23,29,31,33-35,37-38,40-57H2,1-3H3/b19-16-,20-17-,24-21-,27-25-,28-26-,32-30-,39-36-/t58-/m0/s1. The maximum absolute atomic E-state index is 12.8. The molecule has 0 unspecified atom stereocenters. The molecule has 384 valence electrons. The zero-order chi connectivity index (χ0) is 48.6. The molecule has 0 aliphatic rings. The van der Waals surface area contributed by atoms with E-state index in [0.29, 0.717) is 19.3 Å². The van der Waals surface area contributed by atoms with Crippen LogP contribution in [0.1, 0.15) is 265 Å². The van der Waals surface area contributed by atoms with Crippen LogP contribution >= 0.6 is 0 Å². The Morgan fingerprint density at radius 1 is 0.299 bits per heavy atom. The van der Waals surface area contributed by atoms with Gasteiger partial charge in [-0.05, 0) is 122 Å². The van der Waals surface area contributed by atoms with E-state index >= 15 is 0 Å². The molecule has 0 aromatic heterocycles. The molecular weight excluding hydrogens is 829 g/mol. The number of rotatable bonds is 50. The van der Waals surface area contributed by atoms with Gasteiger partial charge < -0.3 is 14.2 Å².